The predicted molar refractivity (Wildman–Crippen MR) is 127 cm³/mol. The van der Waals surface area contributed by atoms with Gasteiger partial charge in [-0.1, -0.05) is 32.0 Å². The van der Waals surface area contributed by atoms with Crippen LogP contribution >= 0.6 is 0 Å². The molecule has 0 bridgehead atoms. The van der Waals surface area contributed by atoms with Gasteiger partial charge in [0.15, 0.2) is 5.69 Å². The molecule has 3 heterocycles. The Morgan fingerprint density at radius 1 is 1.11 bits per heavy atom. The Labute approximate surface area is 205 Å². The number of aromatic nitrogens is 2. The van der Waals surface area contributed by atoms with E-state index in [0.717, 1.165) is 19.3 Å². The number of anilines is 2. The van der Waals surface area contributed by atoms with Crippen LogP contribution in [0, 0.1) is 5.92 Å². The van der Waals surface area contributed by atoms with E-state index in [1.807, 2.05) is 13.8 Å². The number of carbonyl (C=O) groups excluding carboxylic acids is 2. The molecule has 1 aliphatic heterocycles. The molecule has 0 aliphatic carbocycles. The second-order valence-electron chi connectivity index (χ2n) is 8.79. The summed E-state index contributed by atoms with van der Waals surface area (Å²) in [5.74, 6) is -2.45. The lowest BCUT2D eigenvalue weighted by molar-refractivity contribution is -0.153. The number of oxazole rings is 1. The quantitative estimate of drug-likeness (QED) is 0.468. The van der Waals surface area contributed by atoms with E-state index in [2.05, 4.69) is 20.6 Å². The zero-order valence-electron chi connectivity index (χ0n) is 19.8. The molecule has 11 heteroatoms. The molecule has 2 aromatic heterocycles. The minimum absolute atomic E-state index is 0.0547. The second kappa shape index (κ2) is 10.4. The van der Waals surface area contributed by atoms with Gasteiger partial charge < -0.3 is 20.0 Å². The van der Waals surface area contributed by atoms with E-state index in [1.54, 1.807) is 29.2 Å². The van der Waals surface area contributed by atoms with E-state index >= 15 is 0 Å². The van der Waals surface area contributed by atoms with Crippen molar-refractivity contribution in [1.29, 1.82) is 0 Å². The summed E-state index contributed by atoms with van der Waals surface area (Å²) in [6.45, 7) is 4.37. The first-order valence-corrected chi connectivity index (χ1v) is 11.6. The third-order valence-electron chi connectivity index (χ3n) is 5.74. The van der Waals surface area contributed by atoms with Crippen molar-refractivity contribution in [3.63, 3.8) is 0 Å². The lowest BCUT2D eigenvalue weighted by Gasteiger charge is -2.37. The van der Waals surface area contributed by atoms with Crippen molar-refractivity contribution in [3.05, 3.63) is 60.1 Å². The van der Waals surface area contributed by atoms with Gasteiger partial charge in [-0.15, -0.1) is 0 Å². The largest absolute Gasteiger partial charge is 0.452 e. The van der Waals surface area contributed by atoms with Crippen LogP contribution < -0.4 is 10.6 Å². The van der Waals surface area contributed by atoms with Crippen molar-refractivity contribution in [1.82, 2.24) is 14.9 Å². The summed E-state index contributed by atoms with van der Waals surface area (Å²) < 4.78 is 45.5. The highest BCUT2D eigenvalue weighted by atomic mass is 19.4. The van der Waals surface area contributed by atoms with Crippen LogP contribution in [0.25, 0.3) is 11.5 Å². The topological polar surface area (TPSA) is 100 Å². The molecule has 0 radical (unpaired) electrons. The highest BCUT2D eigenvalue weighted by Gasteiger charge is 2.42. The number of piperidine rings is 1. The Morgan fingerprint density at radius 2 is 1.86 bits per heavy atom. The highest BCUT2D eigenvalue weighted by Crippen LogP contribution is 2.35. The van der Waals surface area contributed by atoms with Crippen LogP contribution in [0.1, 0.15) is 49.4 Å². The Hall–Kier alpha value is -3.89. The zero-order valence-corrected chi connectivity index (χ0v) is 19.8. The van der Waals surface area contributed by atoms with Gasteiger partial charge in [0.2, 0.25) is 17.6 Å². The smallest absolute Gasteiger partial charge is 0.431 e. The van der Waals surface area contributed by atoms with Gasteiger partial charge in [0.25, 0.3) is 5.91 Å². The maximum Gasteiger partial charge on any atom is 0.452 e. The summed E-state index contributed by atoms with van der Waals surface area (Å²) in [5, 5.41) is 5.63. The number of amides is 2. The van der Waals surface area contributed by atoms with Crippen LogP contribution in [0.3, 0.4) is 0 Å². The van der Waals surface area contributed by atoms with E-state index in [4.69, 9.17) is 4.42 Å². The third-order valence-corrected chi connectivity index (χ3v) is 5.74. The van der Waals surface area contributed by atoms with Crippen molar-refractivity contribution in [3.8, 4) is 11.5 Å². The van der Waals surface area contributed by atoms with Crippen LogP contribution in [-0.2, 0) is 11.0 Å². The number of hydrogen-bond donors (Lipinski definition) is 2. The number of likely N-dealkylation sites (tertiary alicyclic amines) is 1. The number of hydrogen-bond acceptors (Lipinski definition) is 6. The van der Waals surface area contributed by atoms with Gasteiger partial charge in [-0.3, -0.25) is 9.59 Å². The number of pyridine rings is 1. The molecule has 8 nitrogen and oxygen atoms in total. The molecule has 3 aromatic rings. The van der Waals surface area contributed by atoms with E-state index in [-0.39, 0.29) is 29.6 Å². The molecule has 0 saturated carbocycles. The molecule has 36 heavy (non-hydrogen) atoms. The number of alkyl halides is 3. The van der Waals surface area contributed by atoms with E-state index in [9.17, 15) is 22.8 Å². The van der Waals surface area contributed by atoms with Gasteiger partial charge in [-0.25, -0.2) is 9.97 Å². The van der Waals surface area contributed by atoms with Crippen molar-refractivity contribution in [2.24, 2.45) is 5.92 Å². The van der Waals surface area contributed by atoms with Gasteiger partial charge in [0.1, 0.15) is 12.0 Å². The van der Waals surface area contributed by atoms with Crippen LogP contribution in [0.15, 0.2) is 53.1 Å². The molecule has 1 aliphatic rings. The average Bonchev–Trinajstić information content (AvgIpc) is 3.32. The first-order chi connectivity index (χ1) is 17.1. The minimum atomic E-state index is -4.90. The van der Waals surface area contributed by atoms with Gasteiger partial charge in [-0.05, 0) is 43.5 Å². The molecule has 2 amide bonds. The number of benzene rings is 1. The molecule has 190 valence electrons. The molecular formula is C25H26F3N5O3. The van der Waals surface area contributed by atoms with Crippen molar-refractivity contribution >= 4 is 23.3 Å². The molecule has 2 N–H and O–H groups in total. The number of rotatable bonds is 6. The molecule has 1 unspecified atom stereocenters. The number of nitrogens with one attached hydrogen (secondary N) is 2. The maximum absolute atomic E-state index is 13.5. The van der Waals surface area contributed by atoms with Gasteiger partial charge in [-0.2, -0.15) is 13.2 Å². The fraction of sp³-hybridized carbons (Fsp3) is 0.360. The van der Waals surface area contributed by atoms with Crippen LogP contribution in [-0.4, -0.2) is 39.4 Å². The molecule has 0 spiro atoms. The van der Waals surface area contributed by atoms with Crippen LogP contribution in [0.5, 0.6) is 0 Å². The first-order valence-electron chi connectivity index (χ1n) is 11.6. The molecule has 4 rings (SSSR count). The summed E-state index contributed by atoms with van der Waals surface area (Å²) in [6.07, 6.45) is -1.11. The second-order valence-corrected chi connectivity index (χ2v) is 8.79. The van der Waals surface area contributed by atoms with Crippen molar-refractivity contribution in [2.75, 3.05) is 17.2 Å². The lowest BCUT2D eigenvalue weighted by Crippen LogP contribution is -2.49. The summed E-state index contributed by atoms with van der Waals surface area (Å²) in [6, 6.07) is 11.1. The summed E-state index contributed by atoms with van der Waals surface area (Å²) in [5.41, 5.74) is -0.373. The van der Waals surface area contributed by atoms with Crippen molar-refractivity contribution in [2.45, 2.75) is 45.5 Å². The standard InChI is InChI=1S/C25H26F3N5O3/c1-15(2)24(35)33-13-7-6-10-19(33)31-18-12-11-17(14-29-18)30-22(34)20-21(25(26,27)28)36-23(32-20)16-8-4-3-5-9-16/h3-5,8-9,11-12,14-15,19H,6-7,10,13H2,1-2H3,(H,29,31)(H,30,34). The first kappa shape index (κ1) is 25.2. The predicted octanol–water partition coefficient (Wildman–Crippen LogP) is 5.41. The normalized spacial score (nSPS) is 16.2. The van der Waals surface area contributed by atoms with Crippen LogP contribution in [0.4, 0.5) is 24.7 Å². The van der Waals surface area contributed by atoms with Crippen molar-refractivity contribution < 1.29 is 27.2 Å². The summed E-state index contributed by atoms with van der Waals surface area (Å²) >= 11 is 0. The van der Waals surface area contributed by atoms with Crippen LogP contribution in [0.2, 0.25) is 0 Å². The number of carbonyl (C=O) groups is 2. The van der Waals surface area contributed by atoms with E-state index in [1.165, 1.54) is 24.4 Å². The van der Waals surface area contributed by atoms with E-state index < -0.39 is 23.5 Å². The Kier molecular flexibility index (Phi) is 7.27. The summed E-state index contributed by atoms with van der Waals surface area (Å²) in [7, 11) is 0. The third kappa shape index (κ3) is 5.67. The molecule has 1 aromatic carbocycles. The summed E-state index contributed by atoms with van der Waals surface area (Å²) in [4.78, 5) is 35.1. The fourth-order valence-corrected chi connectivity index (χ4v) is 3.96. The van der Waals surface area contributed by atoms with Gasteiger partial charge in [0, 0.05) is 18.0 Å². The van der Waals surface area contributed by atoms with Gasteiger partial charge >= 0.3 is 6.18 Å². The molecular weight excluding hydrogens is 475 g/mol. The maximum atomic E-state index is 13.5. The highest BCUT2D eigenvalue weighted by molar-refractivity contribution is 6.04. The molecule has 1 saturated heterocycles. The zero-order chi connectivity index (χ0) is 25.9. The Bertz CT molecular complexity index is 1210. The monoisotopic (exact) mass is 501 g/mol. The average molecular weight is 502 g/mol. The molecule has 1 fully saturated rings. The number of nitrogens with zero attached hydrogens (tertiary/aromatic N) is 3. The molecule has 1 atom stereocenters. The SMILES string of the molecule is CC(C)C(=O)N1CCCCC1Nc1ccc(NC(=O)c2nc(-c3ccccc3)oc2C(F)(F)F)cn1. The van der Waals surface area contributed by atoms with Gasteiger partial charge in [0.05, 0.1) is 11.9 Å². The fourth-order valence-electron chi connectivity index (χ4n) is 3.96. The van der Waals surface area contributed by atoms with E-state index in [0.29, 0.717) is 17.9 Å². The lowest BCUT2D eigenvalue weighted by atomic mass is 10.0. The Balaban J connectivity index is 1.48. The Morgan fingerprint density at radius 3 is 2.50 bits per heavy atom. The number of halogens is 3. The minimum Gasteiger partial charge on any atom is -0.431 e.